The van der Waals surface area contributed by atoms with E-state index in [9.17, 15) is 4.79 Å². The molecule has 0 aliphatic rings. The van der Waals surface area contributed by atoms with Crippen molar-refractivity contribution in [3.8, 4) is 5.75 Å². The van der Waals surface area contributed by atoms with Crippen molar-refractivity contribution < 1.29 is 9.53 Å². The van der Waals surface area contributed by atoms with E-state index in [-0.39, 0.29) is 5.97 Å². The molecule has 0 radical (unpaired) electrons. The number of carbonyl (C=O) groups is 1. The van der Waals surface area contributed by atoms with Crippen LogP contribution in [0.2, 0.25) is 0 Å². The van der Waals surface area contributed by atoms with E-state index in [1.54, 1.807) is 12.1 Å². The summed E-state index contributed by atoms with van der Waals surface area (Å²) in [4.78, 5) is 11.6. The minimum atomic E-state index is -0.197. The van der Waals surface area contributed by atoms with Crippen LogP contribution in [0.4, 0.5) is 0 Å². The monoisotopic (exact) mass is 288 g/mol. The number of unbranched alkanes of at least 4 members (excludes halogenated alkanes) is 7. The number of ether oxygens (including phenoxy) is 1. The summed E-state index contributed by atoms with van der Waals surface area (Å²) in [5, 5.41) is 0. The van der Waals surface area contributed by atoms with Crippen molar-refractivity contribution in [3.05, 3.63) is 42.5 Å². The fraction of sp³-hybridized carbons (Fsp3) is 0.526. The second kappa shape index (κ2) is 12.2. The van der Waals surface area contributed by atoms with Gasteiger partial charge in [-0.3, -0.25) is 4.79 Å². The highest BCUT2D eigenvalue weighted by molar-refractivity contribution is 5.73. The number of para-hydroxylation sites is 1. The maximum absolute atomic E-state index is 11.6. The molecule has 1 aromatic rings. The van der Waals surface area contributed by atoms with E-state index < -0.39 is 0 Å². The van der Waals surface area contributed by atoms with Gasteiger partial charge in [-0.25, -0.2) is 0 Å². The highest BCUT2D eigenvalue weighted by Gasteiger charge is 2.00. The van der Waals surface area contributed by atoms with Gasteiger partial charge in [-0.15, -0.1) is 0 Å². The predicted molar refractivity (Wildman–Crippen MR) is 88.4 cm³/mol. The van der Waals surface area contributed by atoms with Gasteiger partial charge in [-0.1, -0.05) is 75.8 Å². The Labute approximate surface area is 129 Å². The van der Waals surface area contributed by atoms with Crippen molar-refractivity contribution in [1.82, 2.24) is 0 Å². The molecule has 0 N–H and O–H groups in total. The molecule has 0 unspecified atom stereocenters. The van der Waals surface area contributed by atoms with Gasteiger partial charge in [-0.05, 0) is 25.0 Å². The molecule has 0 aliphatic heterocycles. The van der Waals surface area contributed by atoms with Crippen molar-refractivity contribution in [2.75, 3.05) is 0 Å². The van der Waals surface area contributed by atoms with Gasteiger partial charge in [0.25, 0.3) is 0 Å². The molecule has 0 amide bonds. The highest BCUT2D eigenvalue weighted by Crippen LogP contribution is 2.10. The molecule has 0 saturated carbocycles. The van der Waals surface area contributed by atoms with Crippen LogP contribution in [0.25, 0.3) is 0 Å². The second-order valence-electron chi connectivity index (χ2n) is 5.37. The van der Waals surface area contributed by atoms with Gasteiger partial charge in [-0.2, -0.15) is 0 Å². The summed E-state index contributed by atoms with van der Waals surface area (Å²) in [5.41, 5.74) is 0. The Morgan fingerprint density at radius 1 is 0.952 bits per heavy atom. The van der Waals surface area contributed by atoms with Gasteiger partial charge in [0, 0.05) is 0 Å². The second-order valence-corrected chi connectivity index (χ2v) is 5.37. The average Bonchev–Trinajstić information content (AvgIpc) is 2.50. The topological polar surface area (TPSA) is 26.3 Å². The number of rotatable bonds is 11. The fourth-order valence-corrected chi connectivity index (χ4v) is 2.18. The zero-order valence-electron chi connectivity index (χ0n) is 13.2. The van der Waals surface area contributed by atoms with Crippen LogP contribution in [0.1, 0.15) is 64.7 Å². The van der Waals surface area contributed by atoms with E-state index in [1.807, 2.05) is 24.3 Å². The lowest BCUT2D eigenvalue weighted by Crippen LogP contribution is -2.05. The highest BCUT2D eigenvalue weighted by atomic mass is 16.5. The summed E-state index contributed by atoms with van der Waals surface area (Å²) in [6, 6.07) is 9.21. The molecule has 0 aliphatic carbocycles. The first-order valence-corrected chi connectivity index (χ1v) is 8.23. The smallest absolute Gasteiger partial charge is 0.315 e. The number of hydrogen-bond acceptors (Lipinski definition) is 2. The van der Waals surface area contributed by atoms with E-state index in [0.29, 0.717) is 12.2 Å². The van der Waals surface area contributed by atoms with Crippen LogP contribution >= 0.6 is 0 Å². The van der Waals surface area contributed by atoms with Crippen molar-refractivity contribution >= 4 is 5.97 Å². The Morgan fingerprint density at radius 2 is 1.62 bits per heavy atom. The van der Waals surface area contributed by atoms with Gasteiger partial charge in [0.1, 0.15) is 5.75 Å². The summed E-state index contributed by atoms with van der Waals surface area (Å²) < 4.78 is 5.21. The van der Waals surface area contributed by atoms with Crippen LogP contribution in [0.3, 0.4) is 0 Å². The van der Waals surface area contributed by atoms with Crippen LogP contribution in [-0.4, -0.2) is 5.97 Å². The van der Waals surface area contributed by atoms with E-state index in [2.05, 4.69) is 13.0 Å². The van der Waals surface area contributed by atoms with Crippen LogP contribution < -0.4 is 4.74 Å². The van der Waals surface area contributed by atoms with Crippen molar-refractivity contribution in [3.63, 3.8) is 0 Å². The van der Waals surface area contributed by atoms with Crippen LogP contribution in [0.15, 0.2) is 42.5 Å². The molecule has 0 bridgehead atoms. The third kappa shape index (κ3) is 9.89. The van der Waals surface area contributed by atoms with Gasteiger partial charge in [0.2, 0.25) is 0 Å². The first-order chi connectivity index (χ1) is 10.3. The maximum atomic E-state index is 11.6. The molecular weight excluding hydrogens is 260 g/mol. The molecule has 0 aromatic heterocycles. The molecule has 0 fully saturated rings. The normalized spacial score (nSPS) is 10.9. The average molecular weight is 288 g/mol. The van der Waals surface area contributed by atoms with E-state index in [0.717, 1.165) is 6.42 Å². The minimum absolute atomic E-state index is 0.197. The number of carbonyl (C=O) groups excluding carboxylic acids is 1. The number of esters is 1. The van der Waals surface area contributed by atoms with Gasteiger partial charge >= 0.3 is 5.97 Å². The third-order valence-corrected chi connectivity index (χ3v) is 3.40. The molecule has 0 heterocycles. The lowest BCUT2D eigenvalue weighted by Gasteiger charge is -2.01. The Balaban J connectivity index is 1.98. The quantitative estimate of drug-likeness (QED) is 0.227. The molecule has 21 heavy (non-hydrogen) atoms. The zero-order valence-corrected chi connectivity index (χ0v) is 13.2. The van der Waals surface area contributed by atoms with E-state index >= 15 is 0 Å². The van der Waals surface area contributed by atoms with E-state index in [1.165, 1.54) is 44.9 Å². The number of benzene rings is 1. The van der Waals surface area contributed by atoms with Crippen molar-refractivity contribution in [2.45, 2.75) is 64.7 Å². The number of hydrogen-bond donors (Lipinski definition) is 0. The standard InChI is InChI=1S/C19H28O2/c1-2-3-4-5-6-7-8-9-10-14-17-19(20)21-18-15-12-11-13-16-18/h10-16H,2-9,17H2,1H3. The lowest BCUT2D eigenvalue weighted by atomic mass is 10.1. The SMILES string of the molecule is CCCCCCCCCC=CCC(=O)Oc1ccccc1. The molecular formula is C19H28O2. The molecule has 0 spiro atoms. The summed E-state index contributed by atoms with van der Waals surface area (Å²) >= 11 is 0. The fourth-order valence-electron chi connectivity index (χ4n) is 2.18. The molecule has 1 aromatic carbocycles. The largest absolute Gasteiger partial charge is 0.426 e. The molecule has 0 saturated heterocycles. The zero-order chi connectivity index (χ0) is 15.2. The molecule has 116 valence electrons. The van der Waals surface area contributed by atoms with E-state index in [4.69, 9.17) is 4.74 Å². The summed E-state index contributed by atoms with van der Waals surface area (Å²) in [7, 11) is 0. The van der Waals surface area contributed by atoms with Crippen LogP contribution in [-0.2, 0) is 4.79 Å². The van der Waals surface area contributed by atoms with Crippen molar-refractivity contribution in [2.24, 2.45) is 0 Å². The Hall–Kier alpha value is -1.57. The van der Waals surface area contributed by atoms with Crippen LogP contribution in [0, 0.1) is 0 Å². The first kappa shape index (κ1) is 17.5. The third-order valence-electron chi connectivity index (χ3n) is 3.40. The predicted octanol–water partition coefficient (Wildman–Crippen LogP) is 5.68. The van der Waals surface area contributed by atoms with Gasteiger partial charge < -0.3 is 4.74 Å². The minimum Gasteiger partial charge on any atom is -0.426 e. The first-order valence-electron chi connectivity index (χ1n) is 8.23. The molecule has 2 heteroatoms. The molecule has 0 atom stereocenters. The summed E-state index contributed by atoms with van der Waals surface area (Å²) in [5.74, 6) is 0.417. The van der Waals surface area contributed by atoms with Gasteiger partial charge in [0.15, 0.2) is 0 Å². The molecule has 1 rings (SSSR count). The number of allylic oxidation sites excluding steroid dienone is 1. The summed E-state index contributed by atoms with van der Waals surface area (Å²) in [6.07, 6.45) is 14.7. The van der Waals surface area contributed by atoms with Crippen molar-refractivity contribution in [1.29, 1.82) is 0 Å². The Morgan fingerprint density at radius 3 is 2.33 bits per heavy atom. The van der Waals surface area contributed by atoms with Gasteiger partial charge in [0.05, 0.1) is 6.42 Å². The molecule has 2 nitrogen and oxygen atoms in total. The van der Waals surface area contributed by atoms with Crippen LogP contribution in [0.5, 0.6) is 5.75 Å². The summed E-state index contributed by atoms with van der Waals surface area (Å²) in [6.45, 7) is 2.24. The maximum Gasteiger partial charge on any atom is 0.315 e. The Bertz CT molecular complexity index is 395. The Kier molecular flexibility index (Phi) is 10.1. The lowest BCUT2D eigenvalue weighted by molar-refractivity contribution is -0.133.